The molecule has 0 spiro atoms. The van der Waals surface area contributed by atoms with Crippen LogP contribution in [0.3, 0.4) is 0 Å². The van der Waals surface area contributed by atoms with Gasteiger partial charge in [0.25, 0.3) is 5.91 Å². The number of hydrogen-bond acceptors (Lipinski definition) is 4. The first-order valence-corrected chi connectivity index (χ1v) is 11.4. The number of fused-ring (bicyclic) bond motifs is 2. The number of nitrogens with one attached hydrogen (secondary N) is 1. The van der Waals surface area contributed by atoms with Crippen molar-refractivity contribution in [2.45, 2.75) is 20.8 Å². The number of nitrogens with zero attached hydrogens (tertiary/aromatic N) is 3. The smallest absolute Gasteiger partial charge is 0.255 e. The van der Waals surface area contributed by atoms with Crippen molar-refractivity contribution in [3.63, 3.8) is 0 Å². The minimum absolute atomic E-state index is 0.181. The van der Waals surface area contributed by atoms with E-state index in [1.54, 1.807) is 16.9 Å². The Bertz CT molecular complexity index is 1480. The van der Waals surface area contributed by atoms with E-state index in [1.165, 1.54) is 0 Å². The van der Waals surface area contributed by atoms with Gasteiger partial charge in [-0.05, 0) is 66.3 Å². The minimum atomic E-state index is -0.181. The summed E-state index contributed by atoms with van der Waals surface area (Å²) in [6, 6.07) is 25.3. The summed E-state index contributed by atoms with van der Waals surface area (Å²) in [5, 5.41) is 14.6. The lowest BCUT2D eigenvalue weighted by Gasteiger charge is -2.10. The van der Waals surface area contributed by atoms with Crippen LogP contribution in [0.5, 0.6) is 5.75 Å². The number of hydrogen-bond donors (Lipinski definition) is 1. The molecule has 170 valence electrons. The van der Waals surface area contributed by atoms with Crippen LogP contribution >= 0.6 is 0 Å². The maximum Gasteiger partial charge on any atom is 0.255 e. The van der Waals surface area contributed by atoms with Crippen LogP contribution in [0.4, 0.5) is 5.69 Å². The van der Waals surface area contributed by atoms with E-state index in [0.29, 0.717) is 29.3 Å². The predicted molar refractivity (Wildman–Crippen MR) is 136 cm³/mol. The molecular weight excluding hydrogens is 424 g/mol. The molecule has 0 aliphatic heterocycles. The highest BCUT2D eigenvalue weighted by Crippen LogP contribution is 2.26. The van der Waals surface area contributed by atoms with Gasteiger partial charge in [0.05, 0.1) is 12.3 Å². The van der Waals surface area contributed by atoms with E-state index in [9.17, 15) is 4.79 Å². The first kappa shape index (κ1) is 21.6. The molecule has 0 radical (unpaired) electrons. The van der Waals surface area contributed by atoms with Crippen molar-refractivity contribution in [3.8, 4) is 11.4 Å². The molecule has 1 aromatic heterocycles. The number of carbonyl (C=O) groups is 1. The number of amides is 1. The number of anilines is 1. The van der Waals surface area contributed by atoms with Crippen LogP contribution in [0.15, 0.2) is 78.9 Å². The Morgan fingerprint density at radius 1 is 0.941 bits per heavy atom. The summed E-state index contributed by atoms with van der Waals surface area (Å²) in [5.74, 6) is 1.02. The highest BCUT2D eigenvalue weighted by atomic mass is 16.5. The van der Waals surface area contributed by atoms with Crippen molar-refractivity contribution in [3.05, 3.63) is 90.0 Å². The summed E-state index contributed by atoms with van der Waals surface area (Å²) in [4.78, 5) is 14.5. The summed E-state index contributed by atoms with van der Waals surface area (Å²) in [5.41, 5.74) is 4.60. The first-order chi connectivity index (χ1) is 16.5. The van der Waals surface area contributed by atoms with Crippen LogP contribution in [0, 0.1) is 12.8 Å². The Morgan fingerprint density at radius 2 is 1.65 bits per heavy atom. The van der Waals surface area contributed by atoms with Crippen LogP contribution < -0.4 is 10.1 Å². The van der Waals surface area contributed by atoms with E-state index >= 15 is 0 Å². The van der Waals surface area contributed by atoms with E-state index in [1.807, 2.05) is 55.5 Å². The fraction of sp³-hybridized carbons (Fsp3) is 0.179. The number of ether oxygens (including phenoxy) is 1. The monoisotopic (exact) mass is 450 g/mol. The number of benzene rings is 4. The van der Waals surface area contributed by atoms with Crippen molar-refractivity contribution < 1.29 is 9.53 Å². The second kappa shape index (κ2) is 8.98. The molecule has 5 aromatic rings. The van der Waals surface area contributed by atoms with Gasteiger partial charge in [0.1, 0.15) is 16.8 Å². The Kier molecular flexibility index (Phi) is 5.72. The summed E-state index contributed by atoms with van der Waals surface area (Å²) < 4.78 is 5.70. The maximum atomic E-state index is 12.9. The average molecular weight is 451 g/mol. The molecule has 0 bridgehead atoms. The largest absolute Gasteiger partial charge is 0.493 e. The Hall–Kier alpha value is -4.19. The van der Waals surface area contributed by atoms with Gasteiger partial charge in [0.15, 0.2) is 0 Å². The zero-order valence-electron chi connectivity index (χ0n) is 19.4. The standard InChI is InChI=1S/C28H26N4O2/c1-18(2)17-34-22-13-11-21(12-14-22)28(33)29-24-16-26-25(15-19(24)3)30-32(31-26)27-10-6-8-20-7-4-5-9-23(20)27/h4-16,18H,17H2,1-3H3,(H,29,33). The van der Waals surface area contributed by atoms with Crippen LogP contribution in [0.25, 0.3) is 27.5 Å². The van der Waals surface area contributed by atoms with Crippen LogP contribution in [-0.4, -0.2) is 27.5 Å². The highest BCUT2D eigenvalue weighted by molar-refractivity contribution is 6.05. The molecule has 0 atom stereocenters. The van der Waals surface area contributed by atoms with Gasteiger partial charge in [-0.15, -0.1) is 15.0 Å². The molecule has 5 rings (SSSR count). The molecule has 1 heterocycles. The Labute approximate surface area is 198 Å². The van der Waals surface area contributed by atoms with Crippen LogP contribution in [0.1, 0.15) is 29.8 Å². The van der Waals surface area contributed by atoms with Gasteiger partial charge in [-0.3, -0.25) is 4.79 Å². The van der Waals surface area contributed by atoms with Gasteiger partial charge in [-0.2, -0.15) is 0 Å². The molecule has 0 saturated heterocycles. The molecule has 6 nitrogen and oxygen atoms in total. The summed E-state index contributed by atoms with van der Waals surface area (Å²) in [6.07, 6.45) is 0. The van der Waals surface area contributed by atoms with Gasteiger partial charge in [-0.25, -0.2) is 0 Å². The van der Waals surface area contributed by atoms with E-state index < -0.39 is 0 Å². The molecule has 0 aliphatic rings. The normalized spacial score (nSPS) is 11.3. The van der Waals surface area contributed by atoms with Crippen LogP contribution in [-0.2, 0) is 0 Å². The Balaban J connectivity index is 1.40. The van der Waals surface area contributed by atoms with Crippen molar-refractivity contribution in [1.82, 2.24) is 15.0 Å². The first-order valence-electron chi connectivity index (χ1n) is 11.4. The lowest BCUT2D eigenvalue weighted by atomic mass is 10.1. The summed E-state index contributed by atoms with van der Waals surface area (Å²) in [6.45, 7) is 6.79. The molecular formula is C28H26N4O2. The molecule has 1 amide bonds. The molecule has 6 heteroatoms. The predicted octanol–water partition coefficient (Wildman–Crippen LogP) is 6.17. The van der Waals surface area contributed by atoms with Crippen LogP contribution in [0.2, 0.25) is 0 Å². The molecule has 34 heavy (non-hydrogen) atoms. The van der Waals surface area contributed by atoms with Crippen molar-refractivity contribution in [2.75, 3.05) is 11.9 Å². The highest BCUT2D eigenvalue weighted by Gasteiger charge is 2.13. The van der Waals surface area contributed by atoms with E-state index in [4.69, 9.17) is 14.9 Å². The van der Waals surface area contributed by atoms with Crippen molar-refractivity contribution >= 4 is 33.4 Å². The third kappa shape index (κ3) is 4.35. The topological polar surface area (TPSA) is 69.0 Å². The van der Waals surface area contributed by atoms with Gasteiger partial charge in [0, 0.05) is 16.6 Å². The van der Waals surface area contributed by atoms with Gasteiger partial charge < -0.3 is 10.1 Å². The number of carbonyl (C=O) groups excluding carboxylic acids is 1. The van der Waals surface area contributed by atoms with E-state index in [0.717, 1.165) is 33.3 Å². The van der Waals surface area contributed by atoms with Crippen molar-refractivity contribution in [2.24, 2.45) is 5.92 Å². The van der Waals surface area contributed by atoms with Gasteiger partial charge >= 0.3 is 0 Å². The SMILES string of the molecule is Cc1cc2nn(-c3cccc4ccccc34)nc2cc1NC(=O)c1ccc(OCC(C)C)cc1. The second-order valence-corrected chi connectivity index (χ2v) is 8.83. The third-order valence-corrected chi connectivity index (χ3v) is 5.66. The quantitative estimate of drug-likeness (QED) is 0.336. The number of rotatable bonds is 6. The molecule has 0 saturated carbocycles. The lowest BCUT2D eigenvalue weighted by molar-refractivity contribution is 0.102. The fourth-order valence-corrected chi connectivity index (χ4v) is 3.85. The van der Waals surface area contributed by atoms with Gasteiger partial charge in [-0.1, -0.05) is 50.2 Å². The summed E-state index contributed by atoms with van der Waals surface area (Å²) >= 11 is 0. The zero-order chi connectivity index (χ0) is 23.7. The fourth-order valence-electron chi connectivity index (χ4n) is 3.85. The lowest BCUT2D eigenvalue weighted by Crippen LogP contribution is -2.13. The maximum absolute atomic E-state index is 12.9. The molecule has 0 aliphatic carbocycles. The Morgan fingerprint density at radius 3 is 2.41 bits per heavy atom. The minimum Gasteiger partial charge on any atom is -0.493 e. The molecule has 4 aromatic carbocycles. The second-order valence-electron chi connectivity index (χ2n) is 8.83. The number of aryl methyl sites for hydroxylation is 1. The molecule has 1 N–H and O–H groups in total. The summed E-state index contributed by atoms with van der Waals surface area (Å²) in [7, 11) is 0. The number of aromatic nitrogens is 3. The average Bonchev–Trinajstić information content (AvgIpc) is 3.25. The van der Waals surface area contributed by atoms with Gasteiger partial charge in [0.2, 0.25) is 0 Å². The third-order valence-electron chi connectivity index (χ3n) is 5.66. The van der Waals surface area contributed by atoms with Crippen molar-refractivity contribution in [1.29, 1.82) is 0 Å². The molecule has 0 fully saturated rings. The van der Waals surface area contributed by atoms with E-state index in [-0.39, 0.29) is 5.91 Å². The zero-order valence-corrected chi connectivity index (χ0v) is 19.4. The van der Waals surface area contributed by atoms with E-state index in [2.05, 4.69) is 37.4 Å². The molecule has 0 unspecified atom stereocenters.